The number of benzene rings is 1. The summed E-state index contributed by atoms with van der Waals surface area (Å²) in [4.78, 5) is 41.4. The summed E-state index contributed by atoms with van der Waals surface area (Å²) in [6.45, 7) is 4.11. The summed E-state index contributed by atoms with van der Waals surface area (Å²) in [5.74, 6) is 0.780. The highest BCUT2D eigenvalue weighted by Gasteiger charge is 2.31. The lowest BCUT2D eigenvalue weighted by Crippen LogP contribution is -2.44. The topological polar surface area (TPSA) is 124 Å². The predicted molar refractivity (Wildman–Crippen MR) is 119 cm³/mol. The van der Waals surface area contributed by atoms with Crippen molar-refractivity contribution in [1.29, 1.82) is 0 Å². The molecule has 3 heterocycles. The normalized spacial score (nSPS) is 15.7. The van der Waals surface area contributed by atoms with Crippen molar-refractivity contribution < 1.29 is 9.90 Å². The Morgan fingerprint density at radius 3 is 2.74 bits per heavy atom. The molecule has 1 aliphatic rings. The molecule has 0 spiro atoms. The summed E-state index contributed by atoms with van der Waals surface area (Å²) >= 11 is 7.78. The second-order valence-electron chi connectivity index (χ2n) is 7.77. The van der Waals surface area contributed by atoms with E-state index < -0.39 is 6.09 Å². The Hall–Kier alpha value is -2.85. The minimum absolute atomic E-state index is 0.0579. The van der Waals surface area contributed by atoms with Gasteiger partial charge in [0, 0.05) is 24.5 Å². The van der Waals surface area contributed by atoms with E-state index in [1.54, 1.807) is 18.5 Å². The highest BCUT2D eigenvalue weighted by Crippen LogP contribution is 2.36. The summed E-state index contributed by atoms with van der Waals surface area (Å²) in [7, 11) is 0. The van der Waals surface area contributed by atoms with Crippen molar-refractivity contribution >= 4 is 46.2 Å². The molecule has 3 N–H and O–H groups in total. The molecule has 9 nitrogen and oxygen atoms in total. The fourth-order valence-corrected chi connectivity index (χ4v) is 4.69. The van der Waals surface area contributed by atoms with Crippen LogP contribution in [0.2, 0.25) is 5.02 Å². The second kappa shape index (κ2) is 8.72. The van der Waals surface area contributed by atoms with E-state index in [4.69, 9.17) is 16.7 Å². The fourth-order valence-electron chi connectivity index (χ4n) is 3.56. The van der Waals surface area contributed by atoms with E-state index in [1.165, 1.54) is 18.1 Å². The van der Waals surface area contributed by atoms with Gasteiger partial charge in [-0.2, -0.15) is 0 Å². The molecule has 1 saturated heterocycles. The van der Waals surface area contributed by atoms with Gasteiger partial charge in [0.15, 0.2) is 0 Å². The third-order valence-electron chi connectivity index (χ3n) is 5.50. The number of fused-ring (bicyclic) bond motifs is 1. The number of hydrogen-bond acceptors (Lipinski definition) is 7. The number of aromatic amines is 1. The molecule has 11 heteroatoms. The van der Waals surface area contributed by atoms with Crippen molar-refractivity contribution in [1.82, 2.24) is 25.3 Å². The van der Waals surface area contributed by atoms with Gasteiger partial charge in [-0.05, 0) is 30.4 Å². The maximum atomic E-state index is 12.1. The molecule has 1 aromatic carbocycles. The lowest BCUT2D eigenvalue weighted by molar-refractivity contribution is 0.178. The minimum Gasteiger partial charge on any atom is -0.465 e. The number of halogens is 1. The van der Waals surface area contributed by atoms with E-state index in [1.807, 2.05) is 6.07 Å². The minimum atomic E-state index is -0.991. The average molecular weight is 461 g/mol. The van der Waals surface area contributed by atoms with Crippen molar-refractivity contribution in [3.8, 4) is 0 Å². The van der Waals surface area contributed by atoms with Crippen LogP contribution in [0, 0.1) is 5.41 Å². The summed E-state index contributed by atoms with van der Waals surface area (Å²) in [6.07, 6.45) is 5.50. The number of nitrogens with one attached hydrogen (secondary N) is 2. The first kappa shape index (κ1) is 21.4. The van der Waals surface area contributed by atoms with Gasteiger partial charge in [0.25, 0.3) is 5.56 Å². The third-order valence-corrected chi connectivity index (χ3v) is 6.99. The molecule has 1 amide bonds. The third kappa shape index (κ3) is 4.75. The Morgan fingerprint density at radius 1 is 1.29 bits per heavy atom. The van der Waals surface area contributed by atoms with Crippen LogP contribution in [0.5, 0.6) is 0 Å². The second-order valence-corrected chi connectivity index (χ2v) is 9.21. The van der Waals surface area contributed by atoms with Crippen molar-refractivity contribution in [2.75, 3.05) is 24.5 Å². The monoisotopic (exact) mass is 460 g/mol. The predicted octanol–water partition coefficient (Wildman–Crippen LogP) is 3.39. The van der Waals surface area contributed by atoms with Gasteiger partial charge in [-0.15, -0.1) is 0 Å². The molecule has 0 radical (unpaired) electrons. The molecule has 4 rings (SSSR count). The first-order valence-electron chi connectivity index (χ1n) is 9.72. The van der Waals surface area contributed by atoms with Crippen LogP contribution in [-0.4, -0.2) is 50.8 Å². The van der Waals surface area contributed by atoms with Crippen LogP contribution < -0.4 is 15.8 Å². The Morgan fingerprint density at radius 2 is 2.06 bits per heavy atom. The zero-order valence-electron chi connectivity index (χ0n) is 16.8. The number of carboxylic acid groups (broad SMARTS) is 1. The van der Waals surface area contributed by atoms with Crippen molar-refractivity contribution in [3.05, 3.63) is 46.2 Å². The molecule has 0 unspecified atom stereocenters. The van der Waals surface area contributed by atoms with Crippen molar-refractivity contribution in [2.24, 2.45) is 5.41 Å². The van der Waals surface area contributed by atoms with E-state index >= 15 is 0 Å². The van der Waals surface area contributed by atoms with Gasteiger partial charge in [-0.1, -0.05) is 30.3 Å². The number of H-pyrrole nitrogens is 1. The lowest BCUT2D eigenvalue weighted by Gasteiger charge is -2.39. The van der Waals surface area contributed by atoms with Gasteiger partial charge in [-0.3, -0.25) is 4.79 Å². The van der Waals surface area contributed by atoms with E-state index in [9.17, 15) is 9.59 Å². The van der Waals surface area contributed by atoms with E-state index in [2.05, 4.69) is 37.1 Å². The zero-order chi connectivity index (χ0) is 22.0. The van der Waals surface area contributed by atoms with Gasteiger partial charge in [-0.25, -0.2) is 19.7 Å². The fraction of sp³-hybridized carbons (Fsp3) is 0.350. The summed E-state index contributed by atoms with van der Waals surface area (Å²) in [6, 6.07) is 3.57. The molecular formula is C20H21ClN6O3S. The maximum absolute atomic E-state index is 12.1. The largest absolute Gasteiger partial charge is 0.465 e. The number of amides is 1. The lowest BCUT2D eigenvalue weighted by atomic mass is 9.80. The molecule has 0 atom stereocenters. The zero-order valence-corrected chi connectivity index (χ0v) is 18.3. The number of rotatable bonds is 5. The summed E-state index contributed by atoms with van der Waals surface area (Å²) < 4.78 is 0. The Kier molecular flexibility index (Phi) is 6.01. The first-order chi connectivity index (χ1) is 14.8. The van der Waals surface area contributed by atoms with Crippen molar-refractivity contribution in [2.45, 2.75) is 29.7 Å². The van der Waals surface area contributed by atoms with Gasteiger partial charge in [0.2, 0.25) is 0 Å². The van der Waals surface area contributed by atoms with Crippen LogP contribution in [0.3, 0.4) is 0 Å². The highest BCUT2D eigenvalue weighted by molar-refractivity contribution is 7.99. The summed E-state index contributed by atoms with van der Waals surface area (Å²) in [5.41, 5.74) is 0.196. The van der Waals surface area contributed by atoms with Crippen LogP contribution >= 0.6 is 23.4 Å². The molecule has 2 aromatic heterocycles. The van der Waals surface area contributed by atoms with E-state index in [-0.39, 0.29) is 11.0 Å². The van der Waals surface area contributed by atoms with Gasteiger partial charge >= 0.3 is 6.09 Å². The van der Waals surface area contributed by atoms with Crippen molar-refractivity contribution in [3.63, 3.8) is 0 Å². The quantitative estimate of drug-likeness (QED) is 0.529. The van der Waals surface area contributed by atoms with Crippen LogP contribution in [0.4, 0.5) is 10.6 Å². The number of hydrogen-bond donors (Lipinski definition) is 3. The van der Waals surface area contributed by atoms with Gasteiger partial charge in [0.05, 0.1) is 34.6 Å². The molecule has 3 aromatic rings. The van der Waals surface area contributed by atoms with Crippen LogP contribution in [-0.2, 0) is 0 Å². The van der Waals surface area contributed by atoms with Gasteiger partial charge < -0.3 is 20.3 Å². The molecule has 1 fully saturated rings. The molecule has 0 saturated carbocycles. The number of anilines is 1. The maximum Gasteiger partial charge on any atom is 0.404 e. The molecule has 0 aliphatic carbocycles. The van der Waals surface area contributed by atoms with E-state index in [0.717, 1.165) is 31.7 Å². The number of carbonyl (C=O) groups is 1. The molecule has 0 bridgehead atoms. The number of nitrogens with zero attached hydrogens (tertiary/aromatic N) is 4. The average Bonchev–Trinajstić information content (AvgIpc) is 2.76. The Labute approximate surface area is 187 Å². The van der Waals surface area contributed by atoms with E-state index in [0.29, 0.717) is 32.4 Å². The van der Waals surface area contributed by atoms with Crippen LogP contribution in [0.1, 0.15) is 19.8 Å². The Bertz CT molecular complexity index is 1160. The molecule has 31 heavy (non-hydrogen) atoms. The van der Waals surface area contributed by atoms with Crippen LogP contribution in [0.15, 0.2) is 45.6 Å². The smallest absolute Gasteiger partial charge is 0.404 e. The number of aromatic nitrogens is 4. The molecule has 162 valence electrons. The molecular weight excluding hydrogens is 440 g/mol. The highest BCUT2D eigenvalue weighted by atomic mass is 35.5. The summed E-state index contributed by atoms with van der Waals surface area (Å²) in [5, 5.41) is 12.7. The number of piperidine rings is 1. The first-order valence-corrected chi connectivity index (χ1v) is 10.9. The van der Waals surface area contributed by atoms with Gasteiger partial charge in [0.1, 0.15) is 10.8 Å². The molecule has 1 aliphatic heterocycles. The standard InChI is InChI=1S/C20H21ClN6O3S/c1-20(10-24-19(29)30)4-6-27(7-5-20)14-8-23-15(9-22-14)31-13-3-2-12-16(17(13)21)18(28)26-11-25-12/h2-3,8-9,11,24H,4-7,10H2,1H3,(H,29,30)(H,25,26,28). The SMILES string of the molecule is CC1(CNC(=O)O)CCN(c2cnc(Sc3ccc4nc[nH]c(=O)c4c3Cl)cn2)CC1. The Balaban J connectivity index is 1.43. The van der Waals surface area contributed by atoms with Crippen LogP contribution in [0.25, 0.3) is 10.9 Å².